The summed E-state index contributed by atoms with van der Waals surface area (Å²) in [5, 5.41) is 0. The maximum atomic E-state index is 12.4. The molecule has 4 bridgehead atoms. The van der Waals surface area contributed by atoms with Crippen LogP contribution >= 0.6 is 0 Å². The smallest absolute Gasteiger partial charge is 0.276 e. The number of aryl methyl sites for hydroxylation is 2. The van der Waals surface area contributed by atoms with Gasteiger partial charge in [-0.05, 0) is 98.8 Å². The lowest BCUT2D eigenvalue weighted by atomic mass is 9.49. The number of hydrogen-bond donors (Lipinski definition) is 2. The average Bonchev–Trinajstić information content (AvgIpc) is 2.59. The maximum absolute atomic E-state index is 12.4. The lowest BCUT2D eigenvalue weighted by Gasteiger charge is -2.56. The first-order valence-electron chi connectivity index (χ1n) is 10.2. The van der Waals surface area contributed by atoms with Crippen molar-refractivity contribution in [2.45, 2.75) is 58.8 Å². The van der Waals surface area contributed by atoms with Gasteiger partial charge < -0.3 is 4.74 Å². The van der Waals surface area contributed by atoms with Gasteiger partial charge in [-0.25, -0.2) is 0 Å². The largest absolute Gasteiger partial charge is 0.484 e. The van der Waals surface area contributed by atoms with Crippen molar-refractivity contribution >= 4 is 11.8 Å². The summed E-state index contributed by atoms with van der Waals surface area (Å²) in [4.78, 5) is 24.4. The highest BCUT2D eigenvalue weighted by atomic mass is 16.5. The summed E-state index contributed by atoms with van der Waals surface area (Å²) < 4.78 is 5.51. The molecule has 0 unspecified atom stereocenters. The molecule has 5 rings (SSSR count). The van der Waals surface area contributed by atoms with Gasteiger partial charge in [-0.3, -0.25) is 20.4 Å². The molecular weight excluding hydrogens is 340 g/mol. The quantitative estimate of drug-likeness (QED) is 0.780. The van der Waals surface area contributed by atoms with Crippen molar-refractivity contribution in [1.29, 1.82) is 0 Å². The van der Waals surface area contributed by atoms with E-state index in [4.69, 9.17) is 4.74 Å². The SMILES string of the molecule is Cc1ccc(OCC(=O)NNC(=O)CC23CC4CC(CC(C4)C2)C3)cc1C. The Balaban J connectivity index is 1.22. The number of rotatable bonds is 5. The summed E-state index contributed by atoms with van der Waals surface area (Å²) in [5.74, 6) is 2.72. The molecule has 5 heteroatoms. The molecule has 0 saturated heterocycles. The van der Waals surface area contributed by atoms with E-state index in [1.807, 2.05) is 32.0 Å². The van der Waals surface area contributed by atoms with E-state index in [2.05, 4.69) is 10.9 Å². The zero-order valence-electron chi connectivity index (χ0n) is 16.3. The zero-order chi connectivity index (χ0) is 19.0. The molecule has 4 aliphatic rings. The molecule has 1 aromatic rings. The van der Waals surface area contributed by atoms with Crippen molar-refractivity contribution in [3.63, 3.8) is 0 Å². The first-order valence-corrected chi connectivity index (χ1v) is 10.2. The van der Waals surface area contributed by atoms with E-state index in [0.717, 1.165) is 23.3 Å². The van der Waals surface area contributed by atoms with Gasteiger partial charge in [-0.1, -0.05) is 6.07 Å². The Morgan fingerprint density at radius 2 is 1.56 bits per heavy atom. The number of hydrogen-bond acceptors (Lipinski definition) is 3. The molecule has 0 radical (unpaired) electrons. The van der Waals surface area contributed by atoms with E-state index in [-0.39, 0.29) is 23.8 Å². The summed E-state index contributed by atoms with van der Waals surface area (Å²) in [7, 11) is 0. The molecule has 27 heavy (non-hydrogen) atoms. The molecule has 4 saturated carbocycles. The van der Waals surface area contributed by atoms with Gasteiger partial charge in [0, 0.05) is 6.42 Å². The molecule has 0 heterocycles. The van der Waals surface area contributed by atoms with Crippen LogP contribution in [0.5, 0.6) is 5.75 Å². The van der Waals surface area contributed by atoms with Gasteiger partial charge in [0.2, 0.25) is 5.91 Å². The van der Waals surface area contributed by atoms with Crippen molar-refractivity contribution in [2.24, 2.45) is 23.2 Å². The van der Waals surface area contributed by atoms with Crippen LogP contribution in [0.4, 0.5) is 0 Å². The van der Waals surface area contributed by atoms with Crippen LogP contribution in [0.3, 0.4) is 0 Å². The minimum absolute atomic E-state index is 0.0727. The van der Waals surface area contributed by atoms with Crippen LogP contribution in [-0.4, -0.2) is 18.4 Å². The molecule has 1 aromatic carbocycles. The van der Waals surface area contributed by atoms with Gasteiger partial charge in [0.1, 0.15) is 5.75 Å². The number of benzene rings is 1. The van der Waals surface area contributed by atoms with Gasteiger partial charge >= 0.3 is 0 Å². The lowest BCUT2D eigenvalue weighted by molar-refractivity contribution is -0.134. The number of hydrazine groups is 1. The second kappa shape index (κ2) is 7.17. The molecule has 0 aliphatic heterocycles. The van der Waals surface area contributed by atoms with Crippen LogP contribution in [0.1, 0.15) is 56.1 Å². The van der Waals surface area contributed by atoms with Crippen molar-refractivity contribution in [3.8, 4) is 5.75 Å². The summed E-state index contributed by atoms with van der Waals surface area (Å²) in [6.07, 6.45) is 8.21. The van der Waals surface area contributed by atoms with Crippen LogP contribution in [0.2, 0.25) is 0 Å². The second-order valence-corrected chi connectivity index (χ2v) is 9.23. The fourth-order valence-corrected chi connectivity index (χ4v) is 6.02. The van der Waals surface area contributed by atoms with E-state index in [1.165, 1.54) is 44.1 Å². The van der Waals surface area contributed by atoms with Gasteiger partial charge in [-0.15, -0.1) is 0 Å². The Kier molecular flexibility index (Phi) is 4.87. The number of ether oxygens (including phenoxy) is 1. The monoisotopic (exact) mass is 370 g/mol. The molecule has 2 N–H and O–H groups in total. The second-order valence-electron chi connectivity index (χ2n) is 9.23. The van der Waals surface area contributed by atoms with Gasteiger partial charge in [-0.2, -0.15) is 0 Å². The summed E-state index contributed by atoms with van der Waals surface area (Å²) >= 11 is 0. The number of carbonyl (C=O) groups excluding carboxylic acids is 2. The number of nitrogens with one attached hydrogen (secondary N) is 2. The van der Waals surface area contributed by atoms with E-state index in [1.54, 1.807) is 0 Å². The third-order valence-corrected chi connectivity index (χ3v) is 6.89. The third kappa shape index (κ3) is 4.12. The Morgan fingerprint density at radius 3 is 2.15 bits per heavy atom. The Hall–Kier alpha value is -2.04. The van der Waals surface area contributed by atoms with Crippen molar-refractivity contribution in [2.75, 3.05) is 6.61 Å². The fourth-order valence-electron chi connectivity index (χ4n) is 6.02. The Morgan fingerprint density at radius 1 is 0.963 bits per heavy atom. The normalized spacial score (nSPS) is 30.8. The lowest BCUT2D eigenvalue weighted by Crippen LogP contribution is -2.50. The Labute approximate surface area is 161 Å². The predicted octanol–water partition coefficient (Wildman–Crippen LogP) is 3.44. The van der Waals surface area contributed by atoms with Gasteiger partial charge in [0.15, 0.2) is 6.61 Å². The molecule has 2 amide bonds. The van der Waals surface area contributed by atoms with Crippen molar-refractivity contribution in [1.82, 2.24) is 10.9 Å². The molecule has 5 nitrogen and oxygen atoms in total. The minimum atomic E-state index is -0.341. The van der Waals surface area contributed by atoms with E-state index < -0.39 is 0 Å². The fraction of sp³-hybridized carbons (Fsp3) is 0.636. The predicted molar refractivity (Wildman–Crippen MR) is 103 cm³/mol. The highest BCUT2D eigenvalue weighted by molar-refractivity contribution is 5.83. The van der Waals surface area contributed by atoms with Crippen LogP contribution < -0.4 is 15.6 Å². The minimum Gasteiger partial charge on any atom is -0.484 e. The molecule has 0 atom stereocenters. The standard InChI is InChI=1S/C22H30N2O3/c1-14-3-4-19(5-15(14)2)27-13-21(26)24-23-20(25)12-22-9-16-6-17(10-22)8-18(7-16)11-22/h3-5,16-18H,6-13H2,1-2H3,(H,23,25)(H,24,26). The molecule has 0 aromatic heterocycles. The Bertz CT molecular complexity index is 708. The van der Waals surface area contributed by atoms with E-state index in [0.29, 0.717) is 12.2 Å². The summed E-state index contributed by atoms with van der Waals surface area (Å²) in [6.45, 7) is 3.93. The third-order valence-electron chi connectivity index (χ3n) is 6.89. The van der Waals surface area contributed by atoms with E-state index >= 15 is 0 Å². The molecular formula is C22H30N2O3. The van der Waals surface area contributed by atoms with Crippen molar-refractivity contribution < 1.29 is 14.3 Å². The summed E-state index contributed by atoms with van der Waals surface area (Å²) in [5.41, 5.74) is 7.58. The van der Waals surface area contributed by atoms with E-state index in [9.17, 15) is 9.59 Å². The first kappa shape index (κ1) is 18.3. The number of carbonyl (C=O) groups is 2. The van der Waals surface area contributed by atoms with Crippen LogP contribution in [0.25, 0.3) is 0 Å². The molecule has 146 valence electrons. The topological polar surface area (TPSA) is 67.4 Å². The van der Waals surface area contributed by atoms with Crippen LogP contribution in [0.15, 0.2) is 18.2 Å². The summed E-state index contributed by atoms with van der Waals surface area (Å²) in [6, 6.07) is 5.73. The van der Waals surface area contributed by atoms with Crippen molar-refractivity contribution in [3.05, 3.63) is 29.3 Å². The highest BCUT2D eigenvalue weighted by Crippen LogP contribution is 2.61. The van der Waals surface area contributed by atoms with Crippen LogP contribution in [0, 0.1) is 37.0 Å². The zero-order valence-corrected chi connectivity index (χ0v) is 16.3. The van der Waals surface area contributed by atoms with Crippen LogP contribution in [-0.2, 0) is 9.59 Å². The number of amides is 2. The highest BCUT2D eigenvalue weighted by Gasteiger charge is 2.51. The maximum Gasteiger partial charge on any atom is 0.276 e. The molecule has 4 fully saturated rings. The van der Waals surface area contributed by atoms with Gasteiger partial charge in [0.25, 0.3) is 5.91 Å². The first-order chi connectivity index (χ1) is 12.9. The van der Waals surface area contributed by atoms with Gasteiger partial charge in [0.05, 0.1) is 0 Å². The molecule has 4 aliphatic carbocycles. The molecule has 0 spiro atoms. The average molecular weight is 370 g/mol.